The maximum absolute atomic E-state index is 11.9. The molecule has 0 fully saturated rings. The molecule has 96 valence electrons. The fraction of sp³-hybridized carbons (Fsp3) is 0.750. The van der Waals surface area contributed by atoms with Crippen molar-refractivity contribution in [2.24, 2.45) is 5.92 Å². The molecule has 0 aliphatic rings. The Morgan fingerprint density at radius 2 is 2.18 bits per heavy atom. The van der Waals surface area contributed by atoms with Crippen LogP contribution in [0.3, 0.4) is 0 Å². The molecule has 0 spiro atoms. The van der Waals surface area contributed by atoms with E-state index in [-0.39, 0.29) is 17.8 Å². The zero-order valence-corrected chi connectivity index (χ0v) is 11.0. The van der Waals surface area contributed by atoms with Crippen molar-refractivity contribution in [2.75, 3.05) is 6.61 Å². The van der Waals surface area contributed by atoms with Gasteiger partial charge in [0.15, 0.2) is 0 Å². The minimum atomic E-state index is -0.330. The number of aromatic nitrogens is 3. The van der Waals surface area contributed by atoms with Gasteiger partial charge in [-0.2, -0.15) is 0 Å². The first-order valence-corrected chi connectivity index (χ1v) is 6.16. The molecule has 1 heterocycles. The molecule has 0 saturated carbocycles. The van der Waals surface area contributed by atoms with E-state index in [4.69, 9.17) is 4.74 Å². The average Bonchev–Trinajstić information content (AvgIpc) is 2.67. The van der Waals surface area contributed by atoms with Gasteiger partial charge in [-0.05, 0) is 19.3 Å². The molecular formula is C12H21N3O2. The van der Waals surface area contributed by atoms with Gasteiger partial charge in [-0.1, -0.05) is 20.8 Å². The quantitative estimate of drug-likeness (QED) is 0.712. The average molecular weight is 239 g/mol. The Kier molecular flexibility index (Phi) is 5.12. The third kappa shape index (κ3) is 3.28. The molecule has 0 bridgehead atoms. The summed E-state index contributed by atoms with van der Waals surface area (Å²) in [6.45, 7) is 9.10. The van der Waals surface area contributed by atoms with Gasteiger partial charge in [-0.15, -0.1) is 10.2 Å². The molecule has 1 rings (SSSR count). The van der Waals surface area contributed by atoms with Crippen molar-refractivity contribution >= 4 is 5.97 Å². The number of nitrogens with zero attached hydrogens (tertiary/aromatic N) is 3. The molecule has 1 unspecified atom stereocenters. The highest BCUT2D eigenvalue weighted by Gasteiger charge is 2.30. The van der Waals surface area contributed by atoms with E-state index >= 15 is 0 Å². The van der Waals surface area contributed by atoms with Crippen LogP contribution in [0.5, 0.6) is 0 Å². The van der Waals surface area contributed by atoms with Crippen molar-refractivity contribution in [3.8, 4) is 0 Å². The van der Waals surface area contributed by atoms with Gasteiger partial charge in [0.2, 0.25) is 0 Å². The van der Waals surface area contributed by atoms with E-state index in [1.807, 2.05) is 25.3 Å². The second-order valence-corrected chi connectivity index (χ2v) is 4.36. The Hall–Kier alpha value is -1.39. The second kappa shape index (κ2) is 6.37. The summed E-state index contributed by atoms with van der Waals surface area (Å²) < 4.78 is 7.03. The van der Waals surface area contributed by atoms with Crippen molar-refractivity contribution in [1.82, 2.24) is 14.8 Å². The molecule has 1 aromatic rings. The standard InChI is InChI=1S/C12H21N3O2/c1-5-7-15-8-13-14-11(15)10(9(3)4)12(16)17-6-2/h8-10H,5-7H2,1-4H3. The zero-order chi connectivity index (χ0) is 12.8. The van der Waals surface area contributed by atoms with Crippen LogP contribution < -0.4 is 0 Å². The summed E-state index contributed by atoms with van der Waals surface area (Å²) >= 11 is 0. The predicted octanol–water partition coefficient (Wildman–Crippen LogP) is 1.99. The summed E-state index contributed by atoms with van der Waals surface area (Å²) in [5.41, 5.74) is 0. The normalized spacial score (nSPS) is 12.8. The predicted molar refractivity (Wildman–Crippen MR) is 64.5 cm³/mol. The molecule has 0 aliphatic heterocycles. The molecule has 0 radical (unpaired) electrons. The highest BCUT2D eigenvalue weighted by atomic mass is 16.5. The fourth-order valence-electron chi connectivity index (χ4n) is 1.83. The van der Waals surface area contributed by atoms with Crippen molar-refractivity contribution in [3.05, 3.63) is 12.2 Å². The molecule has 1 aromatic heterocycles. The monoisotopic (exact) mass is 239 g/mol. The van der Waals surface area contributed by atoms with Crippen molar-refractivity contribution in [1.29, 1.82) is 0 Å². The third-order valence-electron chi connectivity index (χ3n) is 2.60. The summed E-state index contributed by atoms with van der Waals surface area (Å²) in [6, 6.07) is 0. The van der Waals surface area contributed by atoms with E-state index in [0.29, 0.717) is 12.4 Å². The van der Waals surface area contributed by atoms with Gasteiger partial charge in [-0.3, -0.25) is 4.79 Å². The molecule has 0 amide bonds. The van der Waals surface area contributed by atoms with Crippen LogP contribution in [0.4, 0.5) is 0 Å². The molecular weight excluding hydrogens is 218 g/mol. The van der Waals surface area contributed by atoms with Crippen LogP contribution in [0, 0.1) is 5.92 Å². The second-order valence-electron chi connectivity index (χ2n) is 4.36. The van der Waals surface area contributed by atoms with Gasteiger partial charge in [0.05, 0.1) is 6.61 Å². The van der Waals surface area contributed by atoms with Crippen LogP contribution in [0.2, 0.25) is 0 Å². The largest absolute Gasteiger partial charge is 0.465 e. The first-order valence-electron chi connectivity index (χ1n) is 6.16. The van der Waals surface area contributed by atoms with Crippen LogP contribution in [0.1, 0.15) is 45.9 Å². The molecule has 0 aromatic carbocycles. The zero-order valence-electron chi connectivity index (χ0n) is 11.0. The van der Waals surface area contributed by atoms with E-state index in [0.717, 1.165) is 13.0 Å². The topological polar surface area (TPSA) is 57.0 Å². The fourth-order valence-corrected chi connectivity index (χ4v) is 1.83. The minimum absolute atomic E-state index is 0.147. The van der Waals surface area contributed by atoms with Crippen LogP contribution in [0.25, 0.3) is 0 Å². The molecule has 0 N–H and O–H groups in total. The lowest BCUT2D eigenvalue weighted by atomic mass is 9.95. The van der Waals surface area contributed by atoms with Gasteiger partial charge < -0.3 is 9.30 Å². The van der Waals surface area contributed by atoms with E-state index in [1.165, 1.54) is 0 Å². The highest BCUT2D eigenvalue weighted by Crippen LogP contribution is 2.24. The molecule has 1 atom stereocenters. The van der Waals surface area contributed by atoms with Crippen molar-refractivity contribution in [2.45, 2.75) is 46.6 Å². The summed E-state index contributed by atoms with van der Waals surface area (Å²) in [5.74, 6) is 0.311. The third-order valence-corrected chi connectivity index (χ3v) is 2.60. The summed E-state index contributed by atoms with van der Waals surface area (Å²) in [6.07, 6.45) is 2.66. The molecule has 17 heavy (non-hydrogen) atoms. The Morgan fingerprint density at radius 1 is 1.47 bits per heavy atom. The molecule has 5 heteroatoms. The highest BCUT2D eigenvalue weighted by molar-refractivity contribution is 5.77. The van der Waals surface area contributed by atoms with E-state index < -0.39 is 0 Å². The minimum Gasteiger partial charge on any atom is -0.465 e. The number of aryl methyl sites for hydroxylation is 1. The van der Waals surface area contributed by atoms with Crippen LogP contribution in [-0.4, -0.2) is 27.3 Å². The van der Waals surface area contributed by atoms with Gasteiger partial charge in [0.1, 0.15) is 18.1 Å². The van der Waals surface area contributed by atoms with Crippen LogP contribution >= 0.6 is 0 Å². The number of rotatable bonds is 6. The Bertz CT molecular complexity index is 360. The maximum Gasteiger partial charge on any atom is 0.316 e. The van der Waals surface area contributed by atoms with Crippen molar-refractivity contribution < 1.29 is 9.53 Å². The number of carbonyl (C=O) groups is 1. The number of hydrogen-bond donors (Lipinski definition) is 0. The molecule has 5 nitrogen and oxygen atoms in total. The molecule has 0 aliphatic carbocycles. The summed E-state index contributed by atoms with van der Waals surface area (Å²) in [4.78, 5) is 11.9. The van der Waals surface area contributed by atoms with Crippen molar-refractivity contribution in [3.63, 3.8) is 0 Å². The smallest absolute Gasteiger partial charge is 0.316 e. The molecule has 0 saturated heterocycles. The first-order chi connectivity index (χ1) is 8.11. The number of carbonyl (C=O) groups excluding carboxylic acids is 1. The summed E-state index contributed by atoms with van der Waals surface area (Å²) in [5, 5.41) is 7.96. The van der Waals surface area contributed by atoms with Gasteiger partial charge >= 0.3 is 5.97 Å². The summed E-state index contributed by atoms with van der Waals surface area (Å²) in [7, 11) is 0. The SMILES string of the molecule is CCCn1cnnc1C(C(=O)OCC)C(C)C. The maximum atomic E-state index is 11.9. The Labute approximate surface area is 102 Å². The lowest BCUT2D eigenvalue weighted by Crippen LogP contribution is -2.24. The number of ether oxygens (including phenoxy) is 1. The number of hydrogen-bond acceptors (Lipinski definition) is 4. The van der Waals surface area contributed by atoms with Crippen LogP contribution in [-0.2, 0) is 16.1 Å². The van der Waals surface area contributed by atoms with E-state index in [1.54, 1.807) is 6.33 Å². The van der Waals surface area contributed by atoms with E-state index in [2.05, 4.69) is 17.1 Å². The van der Waals surface area contributed by atoms with Gasteiger partial charge in [0.25, 0.3) is 0 Å². The Morgan fingerprint density at radius 3 is 2.71 bits per heavy atom. The van der Waals surface area contributed by atoms with Gasteiger partial charge in [0, 0.05) is 6.54 Å². The van der Waals surface area contributed by atoms with Crippen LogP contribution in [0.15, 0.2) is 6.33 Å². The van der Waals surface area contributed by atoms with Gasteiger partial charge in [-0.25, -0.2) is 0 Å². The first kappa shape index (κ1) is 13.7. The lowest BCUT2D eigenvalue weighted by molar-refractivity contribution is -0.146. The van der Waals surface area contributed by atoms with E-state index in [9.17, 15) is 4.79 Å². The Balaban J connectivity index is 2.97. The lowest BCUT2D eigenvalue weighted by Gasteiger charge is -2.18. The number of esters is 1.